The summed E-state index contributed by atoms with van der Waals surface area (Å²) < 4.78 is 7.08. The van der Waals surface area contributed by atoms with Gasteiger partial charge in [-0.2, -0.15) is 4.98 Å². The molecule has 0 bridgehead atoms. The fraction of sp³-hybridized carbons (Fsp3) is 0. The molecule has 4 aromatic heterocycles. The molecular weight excluding hydrogens is 262 g/mol. The zero-order chi connectivity index (χ0) is 12.7. The lowest BCUT2D eigenvalue weighted by atomic mass is 10.3. The molecular formula is C12H7N5OS. The number of aromatic nitrogens is 5. The third-order valence-electron chi connectivity index (χ3n) is 2.71. The summed E-state index contributed by atoms with van der Waals surface area (Å²) >= 11 is 1.57. The fourth-order valence-corrected chi connectivity index (χ4v) is 2.45. The van der Waals surface area contributed by atoms with Crippen molar-refractivity contribution in [1.82, 2.24) is 24.7 Å². The van der Waals surface area contributed by atoms with E-state index in [1.165, 1.54) is 0 Å². The molecule has 92 valence electrons. The minimum absolute atomic E-state index is 0.536. The van der Waals surface area contributed by atoms with E-state index in [0.29, 0.717) is 11.7 Å². The van der Waals surface area contributed by atoms with Crippen LogP contribution in [0.2, 0.25) is 0 Å². The van der Waals surface area contributed by atoms with Gasteiger partial charge in [-0.1, -0.05) is 11.2 Å². The Morgan fingerprint density at radius 1 is 1.21 bits per heavy atom. The SMILES string of the molecule is c1csc(-c2nc(-c3ccc4nncn4c3)no2)c1. The Morgan fingerprint density at radius 2 is 2.21 bits per heavy atom. The number of rotatable bonds is 2. The van der Waals surface area contributed by atoms with E-state index in [0.717, 1.165) is 16.1 Å². The smallest absolute Gasteiger partial charge is 0.268 e. The van der Waals surface area contributed by atoms with E-state index in [2.05, 4.69) is 20.3 Å². The average Bonchev–Trinajstić information content (AvgIpc) is 3.18. The van der Waals surface area contributed by atoms with Gasteiger partial charge in [-0.25, -0.2) is 0 Å². The van der Waals surface area contributed by atoms with Gasteiger partial charge in [0.1, 0.15) is 6.33 Å². The van der Waals surface area contributed by atoms with Gasteiger partial charge in [0.05, 0.1) is 4.88 Å². The van der Waals surface area contributed by atoms with E-state index in [-0.39, 0.29) is 0 Å². The van der Waals surface area contributed by atoms with Crippen LogP contribution < -0.4 is 0 Å². The number of fused-ring (bicyclic) bond motifs is 1. The van der Waals surface area contributed by atoms with Gasteiger partial charge in [-0.3, -0.25) is 4.40 Å². The molecule has 0 aliphatic carbocycles. The topological polar surface area (TPSA) is 69.1 Å². The first kappa shape index (κ1) is 10.4. The molecule has 0 aliphatic rings. The number of thiophene rings is 1. The average molecular weight is 269 g/mol. The third kappa shape index (κ3) is 1.71. The summed E-state index contributed by atoms with van der Waals surface area (Å²) in [6.45, 7) is 0. The van der Waals surface area contributed by atoms with Gasteiger partial charge < -0.3 is 4.52 Å². The molecule has 4 rings (SSSR count). The molecule has 0 aliphatic heterocycles. The molecule has 7 heteroatoms. The van der Waals surface area contributed by atoms with Gasteiger partial charge in [0.15, 0.2) is 5.65 Å². The van der Waals surface area contributed by atoms with Gasteiger partial charge in [0.2, 0.25) is 5.82 Å². The van der Waals surface area contributed by atoms with E-state index in [1.807, 2.05) is 40.2 Å². The fourth-order valence-electron chi connectivity index (χ4n) is 1.80. The molecule has 0 radical (unpaired) electrons. The van der Waals surface area contributed by atoms with E-state index < -0.39 is 0 Å². The zero-order valence-electron chi connectivity index (χ0n) is 9.59. The molecule has 0 saturated carbocycles. The Hall–Kier alpha value is -2.54. The van der Waals surface area contributed by atoms with Crippen LogP contribution in [0, 0.1) is 0 Å². The molecule has 4 heterocycles. The standard InChI is InChI=1S/C12H7N5OS/c1-2-9(19-5-1)12-14-11(16-18-12)8-3-4-10-15-13-7-17(10)6-8/h1-7H. The van der Waals surface area contributed by atoms with Crippen molar-refractivity contribution in [2.45, 2.75) is 0 Å². The van der Waals surface area contributed by atoms with Crippen molar-refractivity contribution in [3.8, 4) is 22.2 Å². The lowest BCUT2D eigenvalue weighted by Gasteiger charge is -1.95. The highest BCUT2D eigenvalue weighted by atomic mass is 32.1. The predicted octanol–water partition coefficient (Wildman–Crippen LogP) is 2.51. The quantitative estimate of drug-likeness (QED) is 0.559. The van der Waals surface area contributed by atoms with Crippen LogP contribution in [-0.2, 0) is 0 Å². The molecule has 0 saturated heterocycles. The van der Waals surface area contributed by atoms with Crippen molar-refractivity contribution in [1.29, 1.82) is 0 Å². The maximum Gasteiger partial charge on any atom is 0.268 e. The van der Waals surface area contributed by atoms with Gasteiger partial charge in [-0.05, 0) is 23.6 Å². The molecule has 0 aromatic carbocycles. The van der Waals surface area contributed by atoms with Gasteiger partial charge in [0.25, 0.3) is 5.89 Å². The van der Waals surface area contributed by atoms with E-state index in [9.17, 15) is 0 Å². The van der Waals surface area contributed by atoms with E-state index in [4.69, 9.17) is 4.52 Å². The lowest BCUT2D eigenvalue weighted by molar-refractivity contribution is 0.433. The molecule has 0 N–H and O–H groups in total. The Bertz CT molecular complexity index is 833. The first-order chi connectivity index (χ1) is 9.40. The summed E-state index contributed by atoms with van der Waals surface area (Å²) in [6, 6.07) is 7.66. The first-order valence-corrected chi connectivity index (χ1v) is 6.45. The van der Waals surface area contributed by atoms with Crippen LogP contribution >= 0.6 is 11.3 Å². The molecule has 6 nitrogen and oxygen atoms in total. The van der Waals surface area contributed by atoms with Crippen molar-refractivity contribution in [3.05, 3.63) is 42.2 Å². The minimum atomic E-state index is 0.536. The van der Waals surface area contributed by atoms with Crippen molar-refractivity contribution >= 4 is 17.0 Å². The summed E-state index contributed by atoms with van der Waals surface area (Å²) in [5, 5.41) is 13.8. The highest BCUT2D eigenvalue weighted by Crippen LogP contribution is 2.25. The van der Waals surface area contributed by atoms with E-state index in [1.54, 1.807) is 17.7 Å². The van der Waals surface area contributed by atoms with Crippen molar-refractivity contribution in [3.63, 3.8) is 0 Å². The van der Waals surface area contributed by atoms with Crippen LogP contribution in [0.25, 0.3) is 27.8 Å². The minimum Gasteiger partial charge on any atom is -0.333 e. The van der Waals surface area contributed by atoms with Crippen LogP contribution in [-0.4, -0.2) is 24.7 Å². The molecule has 0 amide bonds. The Morgan fingerprint density at radius 3 is 3.11 bits per heavy atom. The van der Waals surface area contributed by atoms with Gasteiger partial charge in [-0.15, -0.1) is 21.5 Å². The first-order valence-electron chi connectivity index (χ1n) is 5.57. The largest absolute Gasteiger partial charge is 0.333 e. The van der Waals surface area contributed by atoms with E-state index >= 15 is 0 Å². The maximum absolute atomic E-state index is 5.27. The van der Waals surface area contributed by atoms with Crippen LogP contribution in [0.4, 0.5) is 0 Å². The molecule has 0 fully saturated rings. The van der Waals surface area contributed by atoms with Gasteiger partial charge >= 0.3 is 0 Å². The number of hydrogen-bond acceptors (Lipinski definition) is 6. The Labute approximate surface area is 111 Å². The second kappa shape index (κ2) is 3.99. The number of hydrogen-bond donors (Lipinski definition) is 0. The molecule has 0 unspecified atom stereocenters. The van der Waals surface area contributed by atoms with Crippen LogP contribution in [0.3, 0.4) is 0 Å². The highest BCUT2D eigenvalue weighted by Gasteiger charge is 2.11. The van der Waals surface area contributed by atoms with Crippen LogP contribution in [0.15, 0.2) is 46.7 Å². The molecule has 19 heavy (non-hydrogen) atoms. The van der Waals surface area contributed by atoms with Crippen LogP contribution in [0.5, 0.6) is 0 Å². The van der Waals surface area contributed by atoms with Crippen LogP contribution in [0.1, 0.15) is 0 Å². The summed E-state index contributed by atoms with van der Waals surface area (Å²) in [4.78, 5) is 5.35. The van der Waals surface area contributed by atoms with Crippen molar-refractivity contribution in [2.24, 2.45) is 0 Å². The Balaban J connectivity index is 1.79. The van der Waals surface area contributed by atoms with Gasteiger partial charge in [0, 0.05) is 11.8 Å². The third-order valence-corrected chi connectivity index (χ3v) is 3.56. The normalized spacial score (nSPS) is 11.2. The summed E-state index contributed by atoms with van der Waals surface area (Å²) in [5.41, 5.74) is 1.64. The van der Waals surface area contributed by atoms with Crippen molar-refractivity contribution in [2.75, 3.05) is 0 Å². The Kier molecular flexibility index (Phi) is 2.18. The summed E-state index contributed by atoms with van der Waals surface area (Å²) in [5.74, 6) is 1.09. The highest BCUT2D eigenvalue weighted by molar-refractivity contribution is 7.13. The second-order valence-corrected chi connectivity index (χ2v) is 4.86. The second-order valence-electron chi connectivity index (χ2n) is 3.91. The number of pyridine rings is 1. The summed E-state index contributed by atoms with van der Waals surface area (Å²) in [7, 11) is 0. The monoisotopic (exact) mass is 269 g/mol. The number of nitrogens with zero attached hydrogens (tertiary/aromatic N) is 5. The van der Waals surface area contributed by atoms with Crippen molar-refractivity contribution < 1.29 is 4.52 Å². The molecule has 4 aromatic rings. The lowest BCUT2D eigenvalue weighted by Crippen LogP contribution is -1.87. The predicted molar refractivity (Wildman–Crippen MR) is 69.6 cm³/mol. The molecule has 0 atom stereocenters. The maximum atomic E-state index is 5.27. The molecule has 0 spiro atoms. The zero-order valence-corrected chi connectivity index (χ0v) is 10.4. The summed E-state index contributed by atoms with van der Waals surface area (Å²) in [6.07, 6.45) is 3.51.